The number of ether oxygens (including phenoxy) is 1. The van der Waals surface area contributed by atoms with Crippen LogP contribution in [0.15, 0.2) is 4.52 Å². The van der Waals surface area contributed by atoms with E-state index in [1.807, 2.05) is 0 Å². The lowest BCUT2D eigenvalue weighted by atomic mass is 9.88. The van der Waals surface area contributed by atoms with Crippen LogP contribution in [0, 0.1) is 19.8 Å². The molecule has 4 N–H and O–H groups in total. The minimum atomic E-state index is -0.479. The van der Waals surface area contributed by atoms with E-state index in [1.165, 1.54) is 6.42 Å². The summed E-state index contributed by atoms with van der Waals surface area (Å²) in [5, 5.41) is 22.2. The molecule has 1 saturated carbocycles. The zero-order valence-corrected chi connectivity index (χ0v) is 17.9. The molecule has 168 valence electrons. The van der Waals surface area contributed by atoms with Crippen LogP contribution >= 0.6 is 0 Å². The molecule has 0 bridgehead atoms. The molecule has 9 heteroatoms. The van der Waals surface area contributed by atoms with E-state index in [0.717, 1.165) is 32.1 Å². The Hall–Kier alpha value is -2.13. The number of hydrogen-bond donors (Lipinski definition) is 4. The van der Waals surface area contributed by atoms with E-state index in [4.69, 9.17) is 9.26 Å². The quantitative estimate of drug-likeness (QED) is 0.535. The van der Waals surface area contributed by atoms with E-state index in [-0.39, 0.29) is 36.6 Å². The maximum absolute atomic E-state index is 12.3. The molecule has 0 radical (unpaired) electrons. The zero-order chi connectivity index (χ0) is 21.5. The lowest BCUT2D eigenvalue weighted by Crippen LogP contribution is -2.52. The van der Waals surface area contributed by atoms with Gasteiger partial charge in [-0.1, -0.05) is 24.4 Å². The van der Waals surface area contributed by atoms with E-state index in [0.29, 0.717) is 36.5 Å². The largest absolute Gasteiger partial charge is 0.394 e. The molecule has 1 aliphatic carbocycles. The molecule has 3 rings (SSSR count). The fourth-order valence-corrected chi connectivity index (χ4v) is 4.35. The smallest absolute Gasteiger partial charge is 0.319 e. The molecule has 9 nitrogen and oxygen atoms in total. The monoisotopic (exact) mass is 422 g/mol. The van der Waals surface area contributed by atoms with Crippen LogP contribution in [0.1, 0.15) is 62.8 Å². The predicted molar refractivity (Wildman–Crippen MR) is 111 cm³/mol. The van der Waals surface area contributed by atoms with Crippen LogP contribution in [-0.2, 0) is 9.53 Å². The number of nitrogens with one attached hydrogen (secondary N) is 3. The number of aromatic nitrogens is 1. The van der Waals surface area contributed by atoms with Gasteiger partial charge in [-0.3, -0.25) is 4.79 Å². The fraction of sp³-hybridized carbons (Fsp3) is 0.762. The molecule has 1 saturated heterocycles. The van der Waals surface area contributed by atoms with Gasteiger partial charge in [0.15, 0.2) is 5.76 Å². The van der Waals surface area contributed by atoms with Crippen LogP contribution in [-0.4, -0.2) is 53.6 Å². The number of amides is 3. The Kier molecular flexibility index (Phi) is 8.09. The summed E-state index contributed by atoms with van der Waals surface area (Å²) in [6.07, 6.45) is 7.11. The van der Waals surface area contributed by atoms with Gasteiger partial charge < -0.3 is 30.3 Å². The summed E-state index contributed by atoms with van der Waals surface area (Å²) in [6, 6.07) is -0.668. The Morgan fingerprint density at radius 2 is 1.90 bits per heavy atom. The van der Waals surface area contributed by atoms with Crippen molar-refractivity contribution in [2.24, 2.45) is 5.92 Å². The van der Waals surface area contributed by atoms with Gasteiger partial charge in [0.1, 0.15) is 17.5 Å². The maximum Gasteiger partial charge on any atom is 0.319 e. The number of carbonyl (C=O) groups is 2. The van der Waals surface area contributed by atoms with Crippen molar-refractivity contribution in [3.63, 3.8) is 0 Å². The lowest BCUT2D eigenvalue weighted by molar-refractivity contribution is -0.126. The van der Waals surface area contributed by atoms with Crippen molar-refractivity contribution in [3.8, 4) is 0 Å². The van der Waals surface area contributed by atoms with Crippen molar-refractivity contribution in [2.45, 2.75) is 83.5 Å². The number of rotatable bonds is 7. The molecule has 0 unspecified atom stereocenters. The minimum Gasteiger partial charge on any atom is -0.394 e. The van der Waals surface area contributed by atoms with Crippen LogP contribution in [0.4, 0.5) is 10.5 Å². The van der Waals surface area contributed by atoms with Crippen molar-refractivity contribution in [1.82, 2.24) is 15.8 Å². The van der Waals surface area contributed by atoms with E-state index in [2.05, 4.69) is 21.1 Å². The average Bonchev–Trinajstić information content (AvgIpc) is 3.07. The molecular formula is C21H34N4O5. The molecule has 1 aliphatic heterocycles. The standard InChI is InChI=1S/C21H34N4O5/c1-13-19(14(2)30-25-13)24-21(28)23-17-9-8-16(29-18(17)12-26)10-11-22-20(27)15-6-4-3-5-7-15/h15-18,26H,3-12H2,1-2H3,(H,22,27)(H2,23,24,28)/t16-,17+,18+/m0/s1. The van der Waals surface area contributed by atoms with Crippen LogP contribution < -0.4 is 16.0 Å². The first-order valence-corrected chi connectivity index (χ1v) is 11.0. The Balaban J connectivity index is 1.40. The molecular weight excluding hydrogens is 388 g/mol. The first kappa shape index (κ1) is 22.6. The highest BCUT2D eigenvalue weighted by molar-refractivity contribution is 5.90. The summed E-state index contributed by atoms with van der Waals surface area (Å²) < 4.78 is 11.0. The second-order valence-electron chi connectivity index (χ2n) is 8.38. The first-order valence-electron chi connectivity index (χ1n) is 11.0. The van der Waals surface area contributed by atoms with Gasteiger partial charge in [-0.2, -0.15) is 0 Å². The summed E-state index contributed by atoms with van der Waals surface area (Å²) in [5.41, 5.74) is 1.16. The van der Waals surface area contributed by atoms with E-state index in [9.17, 15) is 14.7 Å². The molecule has 0 spiro atoms. The summed E-state index contributed by atoms with van der Waals surface area (Å²) in [6.45, 7) is 3.88. The number of aliphatic hydroxyl groups is 1. The summed E-state index contributed by atoms with van der Waals surface area (Å²) in [4.78, 5) is 24.6. The summed E-state index contributed by atoms with van der Waals surface area (Å²) in [7, 11) is 0. The average molecular weight is 423 g/mol. The van der Waals surface area contributed by atoms with Gasteiger partial charge in [0.05, 0.1) is 18.8 Å². The van der Waals surface area contributed by atoms with Crippen LogP contribution in [0.3, 0.4) is 0 Å². The van der Waals surface area contributed by atoms with Crippen LogP contribution in [0.25, 0.3) is 0 Å². The topological polar surface area (TPSA) is 126 Å². The first-order chi connectivity index (χ1) is 14.5. The SMILES string of the molecule is Cc1noc(C)c1NC(=O)N[C@@H]1CC[C@@H](CCNC(=O)C2CCCCC2)O[C@@H]1CO. The number of hydrogen-bond acceptors (Lipinski definition) is 6. The molecule has 0 aromatic carbocycles. The number of aryl methyl sites for hydroxylation is 2. The Bertz CT molecular complexity index is 697. The highest BCUT2D eigenvalue weighted by atomic mass is 16.5. The van der Waals surface area contributed by atoms with Crippen molar-refractivity contribution in [3.05, 3.63) is 11.5 Å². The van der Waals surface area contributed by atoms with Gasteiger partial charge in [0.25, 0.3) is 0 Å². The Labute approximate surface area is 177 Å². The van der Waals surface area contributed by atoms with Crippen molar-refractivity contribution >= 4 is 17.6 Å². The highest BCUT2D eigenvalue weighted by Gasteiger charge is 2.32. The third-order valence-electron chi connectivity index (χ3n) is 6.13. The molecule has 1 aromatic rings. The second kappa shape index (κ2) is 10.8. The molecule has 3 amide bonds. The van der Waals surface area contributed by atoms with Gasteiger partial charge in [0.2, 0.25) is 5.91 Å². The van der Waals surface area contributed by atoms with E-state index >= 15 is 0 Å². The van der Waals surface area contributed by atoms with E-state index < -0.39 is 6.10 Å². The maximum atomic E-state index is 12.3. The molecule has 2 aliphatic rings. The molecule has 2 heterocycles. The number of nitrogens with zero attached hydrogens (tertiary/aromatic N) is 1. The van der Waals surface area contributed by atoms with Crippen molar-refractivity contribution in [2.75, 3.05) is 18.5 Å². The number of urea groups is 1. The summed E-state index contributed by atoms with van der Waals surface area (Å²) >= 11 is 0. The van der Waals surface area contributed by atoms with Crippen molar-refractivity contribution < 1.29 is 24.0 Å². The van der Waals surface area contributed by atoms with Gasteiger partial charge in [-0.25, -0.2) is 4.79 Å². The Morgan fingerprint density at radius 3 is 2.57 bits per heavy atom. The third kappa shape index (κ3) is 5.95. The third-order valence-corrected chi connectivity index (χ3v) is 6.13. The fourth-order valence-electron chi connectivity index (χ4n) is 4.35. The molecule has 1 aromatic heterocycles. The van der Waals surface area contributed by atoms with Gasteiger partial charge >= 0.3 is 6.03 Å². The zero-order valence-electron chi connectivity index (χ0n) is 17.9. The van der Waals surface area contributed by atoms with Gasteiger partial charge in [-0.05, 0) is 46.0 Å². The number of aliphatic hydroxyl groups excluding tert-OH is 1. The van der Waals surface area contributed by atoms with Crippen molar-refractivity contribution in [1.29, 1.82) is 0 Å². The second-order valence-corrected chi connectivity index (χ2v) is 8.38. The number of carbonyl (C=O) groups excluding carboxylic acids is 2. The van der Waals surface area contributed by atoms with Gasteiger partial charge in [-0.15, -0.1) is 0 Å². The van der Waals surface area contributed by atoms with Gasteiger partial charge in [0, 0.05) is 12.5 Å². The van der Waals surface area contributed by atoms with Crippen LogP contribution in [0.2, 0.25) is 0 Å². The highest BCUT2D eigenvalue weighted by Crippen LogP contribution is 2.25. The predicted octanol–water partition coefficient (Wildman–Crippen LogP) is 2.41. The summed E-state index contributed by atoms with van der Waals surface area (Å²) in [5.74, 6) is 0.845. The normalized spacial score (nSPS) is 25.0. The minimum absolute atomic E-state index is 0.0440. The molecule has 2 fully saturated rings. The van der Waals surface area contributed by atoms with E-state index in [1.54, 1.807) is 13.8 Å². The Morgan fingerprint density at radius 1 is 1.13 bits per heavy atom. The lowest BCUT2D eigenvalue weighted by Gasteiger charge is -2.36. The molecule has 3 atom stereocenters. The van der Waals surface area contributed by atoms with Crippen LogP contribution in [0.5, 0.6) is 0 Å². The number of anilines is 1. The molecule has 30 heavy (non-hydrogen) atoms.